The van der Waals surface area contributed by atoms with E-state index >= 15 is 0 Å². The lowest BCUT2D eigenvalue weighted by Crippen LogP contribution is -2.24. The molecule has 21 heavy (non-hydrogen) atoms. The van der Waals surface area contributed by atoms with Crippen LogP contribution in [0.1, 0.15) is 24.1 Å². The highest BCUT2D eigenvalue weighted by molar-refractivity contribution is 9.10. The molecule has 2 rings (SSSR count). The summed E-state index contributed by atoms with van der Waals surface area (Å²) in [5.74, 6) is -0.687. The Bertz CT molecular complexity index is 613. The highest BCUT2D eigenvalue weighted by Gasteiger charge is 2.19. The van der Waals surface area contributed by atoms with E-state index in [0.29, 0.717) is 28.0 Å². The van der Waals surface area contributed by atoms with Gasteiger partial charge in [0.05, 0.1) is 4.47 Å². The van der Waals surface area contributed by atoms with Gasteiger partial charge in [-0.3, -0.25) is 0 Å². The molecule has 0 aliphatic rings. The summed E-state index contributed by atoms with van der Waals surface area (Å²) >= 11 is 9.34. The van der Waals surface area contributed by atoms with Gasteiger partial charge in [-0.15, -0.1) is 0 Å². The van der Waals surface area contributed by atoms with Gasteiger partial charge < -0.3 is 5.32 Å². The summed E-state index contributed by atoms with van der Waals surface area (Å²) in [6, 6.07) is 9.22. The van der Waals surface area contributed by atoms with Gasteiger partial charge in [0.2, 0.25) is 0 Å². The first-order valence-electron chi connectivity index (χ1n) is 6.64. The summed E-state index contributed by atoms with van der Waals surface area (Å²) < 4.78 is 28.0. The van der Waals surface area contributed by atoms with Crippen LogP contribution in [0, 0.1) is 11.6 Å². The molecule has 0 radical (unpaired) electrons. The van der Waals surface area contributed by atoms with E-state index in [-0.39, 0.29) is 17.7 Å². The van der Waals surface area contributed by atoms with E-state index in [0.717, 1.165) is 5.56 Å². The fraction of sp³-hybridized carbons (Fsp3) is 0.250. The number of nitrogens with one attached hydrogen (secondary N) is 1. The van der Waals surface area contributed by atoms with Crippen LogP contribution in [0.5, 0.6) is 0 Å². The zero-order valence-electron chi connectivity index (χ0n) is 11.5. The van der Waals surface area contributed by atoms with Crippen molar-refractivity contribution < 1.29 is 8.78 Å². The van der Waals surface area contributed by atoms with E-state index in [4.69, 9.17) is 11.6 Å². The Morgan fingerprint density at radius 2 is 1.81 bits per heavy atom. The van der Waals surface area contributed by atoms with Gasteiger partial charge in [0.1, 0.15) is 11.6 Å². The molecule has 0 spiro atoms. The third-order valence-corrected chi connectivity index (χ3v) is 4.47. The molecule has 0 amide bonds. The minimum atomic E-state index is -0.349. The average Bonchev–Trinajstić information content (AvgIpc) is 2.45. The van der Waals surface area contributed by atoms with Crippen molar-refractivity contribution in [3.8, 4) is 0 Å². The van der Waals surface area contributed by atoms with Gasteiger partial charge in [-0.25, -0.2) is 8.78 Å². The van der Waals surface area contributed by atoms with Crippen molar-refractivity contribution in [2.24, 2.45) is 0 Å². The monoisotopic (exact) mass is 373 g/mol. The van der Waals surface area contributed by atoms with Gasteiger partial charge in [-0.1, -0.05) is 36.7 Å². The van der Waals surface area contributed by atoms with Crippen LogP contribution in [-0.4, -0.2) is 6.54 Å². The minimum absolute atomic E-state index is 0.227. The molecule has 0 aromatic heterocycles. The topological polar surface area (TPSA) is 12.0 Å². The van der Waals surface area contributed by atoms with Gasteiger partial charge >= 0.3 is 0 Å². The molecule has 0 saturated carbocycles. The zero-order valence-corrected chi connectivity index (χ0v) is 13.8. The average molecular weight is 375 g/mol. The van der Waals surface area contributed by atoms with Crippen LogP contribution in [0.2, 0.25) is 5.02 Å². The van der Waals surface area contributed by atoms with E-state index in [9.17, 15) is 8.78 Å². The lowest BCUT2D eigenvalue weighted by Gasteiger charge is -2.21. The molecule has 112 valence electrons. The van der Waals surface area contributed by atoms with Crippen molar-refractivity contribution in [2.45, 2.75) is 19.4 Å². The first-order chi connectivity index (χ1) is 10.0. The van der Waals surface area contributed by atoms with E-state index in [2.05, 4.69) is 21.2 Å². The van der Waals surface area contributed by atoms with E-state index < -0.39 is 0 Å². The standard InChI is InChI=1S/C16H15BrClF2N/c1-2-21-15(10-5-3-8-14(20)16(10)17)9-11-12(18)6-4-7-13(11)19/h3-8,15,21H,2,9H2,1H3. The van der Waals surface area contributed by atoms with Crippen molar-refractivity contribution in [1.82, 2.24) is 5.32 Å². The van der Waals surface area contributed by atoms with Crippen LogP contribution in [0.4, 0.5) is 8.78 Å². The number of hydrogen-bond donors (Lipinski definition) is 1. The Balaban J connectivity index is 2.38. The molecule has 1 nitrogen and oxygen atoms in total. The number of halogens is 4. The van der Waals surface area contributed by atoms with Gasteiger partial charge in [-0.2, -0.15) is 0 Å². The van der Waals surface area contributed by atoms with Crippen LogP contribution < -0.4 is 5.32 Å². The molecule has 0 bridgehead atoms. The molecular formula is C16H15BrClF2N. The molecule has 1 N–H and O–H groups in total. The van der Waals surface area contributed by atoms with Crippen molar-refractivity contribution in [3.63, 3.8) is 0 Å². The van der Waals surface area contributed by atoms with Crippen molar-refractivity contribution >= 4 is 27.5 Å². The van der Waals surface area contributed by atoms with Crippen molar-refractivity contribution in [1.29, 1.82) is 0 Å². The van der Waals surface area contributed by atoms with E-state index in [1.165, 1.54) is 12.1 Å². The van der Waals surface area contributed by atoms with Gasteiger partial charge in [0.15, 0.2) is 0 Å². The molecule has 1 atom stereocenters. The van der Waals surface area contributed by atoms with Crippen LogP contribution >= 0.6 is 27.5 Å². The maximum Gasteiger partial charge on any atom is 0.137 e. The predicted molar refractivity (Wildman–Crippen MR) is 85.6 cm³/mol. The van der Waals surface area contributed by atoms with Gasteiger partial charge in [0, 0.05) is 16.6 Å². The minimum Gasteiger partial charge on any atom is -0.310 e. The molecule has 0 heterocycles. The maximum absolute atomic E-state index is 13.9. The van der Waals surface area contributed by atoms with Crippen LogP contribution in [-0.2, 0) is 6.42 Å². The first kappa shape index (κ1) is 16.4. The second-order valence-corrected chi connectivity index (χ2v) is 5.86. The van der Waals surface area contributed by atoms with Gasteiger partial charge in [-0.05, 0) is 52.7 Å². The molecule has 2 aromatic carbocycles. The van der Waals surface area contributed by atoms with Crippen molar-refractivity contribution in [2.75, 3.05) is 6.54 Å². The maximum atomic E-state index is 13.9. The molecule has 5 heteroatoms. The lowest BCUT2D eigenvalue weighted by atomic mass is 9.98. The Kier molecular flexibility index (Phi) is 5.73. The highest BCUT2D eigenvalue weighted by Crippen LogP contribution is 2.31. The van der Waals surface area contributed by atoms with Crippen LogP contribution in [0.3, 0.4) is 0 Å². The Morgan fingerprint density at radius 1 is 1.14 bits per heavy atom. The predicted octanol–water partition coefficient (Wildman–Crippen LogP) is 5.27. The normalized spacial score (nSPS) is 12.4. The van der Waals surface area contributed by atoms with Crippen LogP contribution in [0.25, 0.3) is 0 Å². The van der Waals surface area contributed by atoms with Crippen molar-refractivity contribution in [3.05, 3.63) is 68.7 Å². The molecule has 0 saturated heterocycles. The summed E-state index contributed by atoms with van der Waals surface area (Å²) in [7, 11) is 0. The largest absolute Gasteiger partial charge is 0.310 e. The number of rotatable bonds is 5. The highest BCUT2D eigenvalue weighted by atomic mass is 79.9. The summed E-state index contributed by atoms with van der Waals surface area (Å²) in [6.45, 7) is 2.63. The number of hydrogen-bond acceptors (Lipinski definition) is 1. The SMILES string of the molecule is CCNC(Cc1c(F)cccc1Cl)c1cccc(F)c1Br. The van der Waals surface area contributed by atoms with E-state index in [1.54, 1.807) is 18.2 Å². The lowest BCUT2D eigenvalue weighted by molar-refractivity contribution is 0.521. The molecule has 0 aliphatic heterocycles. The fourth-order valence-corrected chi connectivity index (χ4v) is 3.04. The molecule has 1 unspecified atom stereocenters. The second-order valence-electron chi connectivity index (χ2n) is 4.66. The third-order valence-electron chi connectivity index (χ3n) is 3.28. The summed E-state index contributed by atoms with van der Waals surface area (Å²) in [5.41, 5.74) is 1.18. The molecule has 2 aromatic rings. The molecule has 0 aliphatic carbocycles. The molecular weight excluding hydrogens is 360 g/mol. The fourth-order valence-electron chi connectivity index (χ4n) is 2.26. The Morgan fingerprint density at radius 3 is 2.48 bits per heavy atom. The summed E-state index contributed by atoms with van der Waals surface area (Å²) in [5, 5.41) is 3.63. The smallest absolute Gasteiger partial charge is 0.137 e. The van der Waals surface area contributed by atoms with E-state index in [1.807, 2.05) is 13.0 Å². The summed E-state index contributed by atoms with van der Waals surface area (Å²) in [6.07, 6.45) is 0.349. The second kappa shape index (κ2) is 7.34. The van der Waals surface area contributed by atoms with Crippen LogP contribution in [0.15, 0.2) is 40.9 Å². The summed E-state index contributed by atoms with van der Waals surface area (Å²) in [4.78, 5) is 0. The molecule has 0 fully saturated rings. The number of likely N-dealkylation sites (N-methyl/N-ethyl adjacent to an activating group) is 1. The first-order valence-corrected chi connectivity index (χ1v) is 7.81. The van der Waals surface area contributed by atoms with Gasteiger partial charge in [0.25, 0.3) is 0 Å². The quantitative estimate of drug-likeness (QED) is 0.751. The Labute approximate surface area is 136 Å². The third kappa shape index (κ3) is 3.82. The number of benzene rings is 2. The Hall–Kier alpha value is -0.970. The zero-order chi connectivity index (χ0) is 15.4.